The fraction of sp³-hybridized carbons (Fsp3) is 0.333. The molecule has 0 aliphatic carbocycles. The summed E-state index contributed by atoms with van der Waals surface area (Å²) in [6, 6.07) is 25.3. The monoisotopic (exact) mass is 601 g/mol. The second kappa shape index (κ2) is 16.1. The molecule has 6 N–H and O–H groups in total. The summed E-state index contributed by atoms with van der Waals surface area (Å²) in [5.41, 5.74) is 7.90. The van der Waals surface area contributed by atoms with E-state index in [2.05, 4.69) is 16.0 Å². The fourth-order valence-electron chi connectivity index (χ4n) is 5.19. The number of primary amides is 1. The van der Waals surface area contributed by atoms with Gasteiger partial charge in [0.05, 0.1) is 18.6 Å². The molecule has 1 aliphatic heterocycles. The second-order valence-electron chi connectivity index (χ2n) is 10.7. The number of aliphatic hydroxyl groups excluding tert-OH is 1. The molecule has 44 heavy (non-hydrogen) atoms. The Bertz CT molecular complexity index is 1380. The first-order chi connectivity index (χ1) is 21.3. The van der Waals surface area contributed by atoms with Crippen LogP contribution in [0.3, 0.4) is 0 Å². The van der Waals surface area contributed by atoms with Crippen molar-refractivity contribution in [2.75, 3.05) is 18.0 Å². The Morgan fingerprint density at radius 2 is 1.50 bits per heavy atom. The van der Waals surface area contributed by atoms with Gasteiger partial charge in [0.25, 0.3) is 0 Å². The number of carbonyl (C=O) groups excluding carboxylic acids is 4. The van der Waals surface area contributed by atoms with E-state index < -0.39 is 42.5 Å². The van der Waals surface area contributed by atoms with Crippen molar-refractivity contribution in [1.82, 2.24) is 16.0 Å². The van der Waals surface area contributed by atoms with Crippen molar-refractivity contribution in [3.63, 3.8) is 0 Å². The van der Waals surface area contributed by atoms with Crippen LogP contribution in [-0.2, 0) is 32.1 Å². The van der Waals surface area contributed by atoms with Gasteiger partial charge in [0.1, 0.15) is 18.7 Å². The zero-order valence-corrected chi connectivity index (χ0v) is 24.4. The van der Waals surface area contributed by atoms with Gasteiger partial charge in [-0.15, -0.1) is 0 Å². The summed E-state index contributed by atoms with van der Waals surface area (Å²) >= 11 is 0. The molecule has 4 amide bonds. The Morgan fingerprint density at radius 1 is 0.886 bits per heavy atom. The number of alkyl carbamates (subject to hydrolysis) is 1. The van der Waals surface area contributed by atoms with Gasteiger partial charge in [-0.25, -0.2) is 4.79 Å². The number of nitrogens with zero attached hydrogens (tertiary/aromatic N) is 1. The van der Waals surface area contributed by atoms with E-state index >= 15 is 0 Å². The van der Waals surface area contributed by atoms with Crippen LogP contribution in [0.15, 0.2) is 91.0 Å². The number of benzene rings is 3. The van der Waals surface area contributed by atoms with Crippen molar-refractivity contribution in [3.8, 4) is 0 Å². The SMILES string of the molecule is NC(=O)C[C@H](NC(=O)OCc1ccccc1)C(=O)N[C@@H](Cc1ccccc1)[C@H](O)CNC(=O)[C@@H]1CCCN1c1ccccc1. The summed E-state index contributed by atoms with van der Waals surface area (Å²) in [6.45, 7) is 0.595. The van der Waals surface area contributed by atoms with Crippen LogP contribution < -0.4 is 26.6 Å². The van der Waals surface area contributed by atoms with Gasteiger partial charge in [-0.05, 0) is 42.5 Å². The first kappa shape index (κ1) is 32.0. The maximum Gasteiger partial charge on any atom is 0.408 e. The number of hydrogen-bond acceptors (Lipinski definition) is 7. The lowest BCUT2D eigenvalue weighted by Crippen LogP contribution is -2.56. The van der Waals surface area contributed by atoms with E-state index in [1.54, 1.807) is 24.3 Å². The van der Waals surface area contributed by atoms with E-state index in [1.165, 1.54) is 0 Å². The fourth-order valence-corrected chi connectivity index (χ4v) is 5.19. The first-order valence-corrected chi connectivity index (χ1v) is 14.7. The zero-order chi connectivity index (χ0) is 31.3. The van der Waals surface area contributed by atoms with Crippen molar-refractivity contribution in [1.29, 1.82) is 0 Å². The van der Waals surface area contributed by atoms with E-state index in [0.29, 0.717) is 6.42 Å². The van der Waals surface area contributed by atoms with Gasteiger partial charge in [0, 0.05) is 18.8 Å². The average molecular weight is 602 g/mol. The molecule has 4 rings (SSSR count). The summed E-state index contributed by atoms with van der Waals surface area (Å²) in [6.07, 6.45) is -0.790. The molecule has 0 saturated carbocycles. The van der Waals surface area contributed by atoms with E-state index in [9.17, 15) is 24.3 Å². The van der Waals surface area contributed by atoms with Crippen molar-refractivity contribution < 1.29 is 29.0 Å². The van der Waals surface area contributed by atoms with Crippen molar-refractivity contribution in [2.45, 2.75) is 56.5 Å². The molecule has 0 radical (unpaired) electrons. The van der Waals surface area contributed by atoms with Gasteiger partial charge < -0.3 is 36.4 Å². The maximum atomic E-state index is 13.3. The Morgan fingerprint density at radius 3 is 2.14 bits per heavy atom. The largest absolute Gasteiger partial charge is 0.445 e. The number of anilines is 1. The van der Waals surface area contributed by atoms with Crippen molar-refractivity contribution >= 4 is 29.5 Å². The molecule has 232 valence electrons. The molecule has 0 unspecified atom stereocenters. The Balaban J connectivity index is 1.40. The van der Waals surface area contributed by atoms with Crippen LogP contribution in [0.5, 0.6) is 0 Å². The molecular weight excluding hydrogens is 562 g/mol. The minimum Gasteiger partial charge on any atom is -0.445 e. The number of aliphatic hydroxyl groups is 1. The average Bonchev–Trinajstić information content (AvgIpc) is 3.53. The van der Waals surface area contributed by atoms with E-state index in [1.807, 2.05) is 71.6 Å². The Kier molecular flexibility index (Phi) is 11.7. The van der Waals surface area contributed by atoms with Crippen LogP contribution in [0.1, 0.15) is 30.4 Å². The number of ether oxygens (including phenoxy) is 1. The van der Waals surface area contributed by atoms with Gasteiger partial charge in [0.2, 0.25) is 17.7 Å². The molecule has 11 nitrogen and oxygen atoms in total. The molecule has 0 aromatic heterocycles. The molecule has 1 heterocycles. The van der Waals surface area contributed by atoms with E-state index in [-0.39, 0.29) is 31.5 Å². The molecule has 3 aromatic carbocycles. The normalized spacial score (nSPS) is 16.3. The van der Waals surface area contributed by atoms with Crippen LogP contribution in [0.4, 0.5) is 10.5 Å². The number of rotatable bonds is 14. The molecule has 11 heteroatoms. The second-order valence-corrected chi connectivity index (χ2v) is 10.7. The van der Waals surface area contributed by atoms with Crippen LogP contribution in [-0.4, -0.2) is 66.2 Å². The lowest BCUT2D eigenvalue weighted by atomic mass is 10.00. The smallest absolute Gasteiger partial charge is 0.408 e. The van der Waals surface area contributed by atoms with Crippen LogP contribution in [0, 0.1) is 0 Å². The van der Waals surface area contributed by atoms with Gasteiger partial charge in [0.15, 0.2) is 0 Å². The third-order valence-corrected chi connectivity index (χ3v) is 7.45. The molecule has 4 atom stereocenters. The third-order valence-electron chi connectivity index (χ3n) is 7.45. The molecule has 1 saturated heterocycles. The van der Waals surface area contributed by atoms with Gasteiger partial charge in [-0.2, -0.15) is 0 Å². The predicted molar refractivity (Wildman–Crippen MR) is 165 cm³/mol. The van der Waals surface area contributed by atoms with Crippen molar-refractivity contribution in [3.05, 3.63) is 102 Å². The summed E-state index contributed by atoms with van der Waals surface area (Å²) in [4.78, 5) is 52.8. The standard InChI is InChI=1S/C33H39N5O6/c34-30(40)20-27(37-33(43)44-22-24-13-6-2-7-14-24)31(41)36-26(19-23-11-4-1-5-12-23)29(39)21-35-32(42)28-17-10-18-38(28)25-15-8-3-9-16-25/h1-9,11-16,26-29,39H,10,17-22H2,(H2,34,40)(H,35,42)(H,36,41)(H,37,43)/t26-,27-,28-,29+/m0/s1. The Labute approximate surface area is 256 Å². The first-order valence-electron chi connectivity index (χ1n) is 14.7. The quantitative estimate of drug-likeness (QED) is 0.189. The number of nitrogens with two attached hydrogens (primary N) is 1. The highest BCUT2D eigenvalue weighted by atomic mass is 16.5. The topological polar surface area (TPSA) is 163 Å². The van der Waals surface area contributed by atoms with Gasteiger partial charge in [-0.3, -0.25) is 14.4 Å². The van der Waals surface area contributed by atoms with Crippen LogP contribution in [0.25, 0.3) is 0 Å². The molecule has 0 bridgehead atoms. The summed E-state index contributed by atoms with van der Waals surface area (Å²) in [5, 5.41) is 19.2. The highest BCUT2D eigenvalue weighted by molar-refractivity contribution is 5.90. The van der Waals surface area contributed by atoms with Gasteiger partial charge >= 0.3 is 6.09 Å². The zero-order valence-electron chi connectivity index (χ0n) is 24.4. The number of nitrogens with one attached hydrogen (secondary N) is 3. The minimum atomic E-state index is -1.34. The number of para-hydroxylation sites is 1. The maximum absolute atomic E-state index is 13.3. The highest BCUT2D eigenvalue weighted by Gasteiger charge is 2.33. The summed E-state index contributed by atoms with van der Waals surface area (Å²) < 4.78 is 5.21. The summed E-state index contributed by atoms with van der Waals surface area (Å²) in [5.74, 6) is -1.75. The lowest BCUT2D eigenvalue weighted by molar-refractivity contribution is -0.128. The van der Waals surface area contributed by atoms with Crippen LogP contribution >= 0.6 is 0 Å². The minimum absolute atomic E-state index is 0.0324. The van der Waals surface area contributed by atoms with E-state index in [0.717, 1.165) is 29.8 Å². The Hall–Kier alpha value is -4.90. The number of hydrogen-bond donors (Lipinski definition) is 5. The van der Waals surface area contributed by atoms with Gasteiger partial charge in [-0.1, -0.05) is 78.9 Å². The molecule has 3 aromatic rings. The highest BCUT2D eigenvalue weighted by Crippen LogP contribution is 2.25. The summed E-state index contributed by atoms with van der Waals surface area (Å²) in [7, 11) is 0. The molecule has 0 spiro atoms. The van der Waals surface area contributed by atoms with Crippen LogP contribution in [0.2, 0.25) is 0 Å². The molecule has 1 fully saturated rings. The predicted octanol–water partition coefficient (Wildman–Crippen LogP) is 2.03. The van der Waals surface area contributed by atoms with Crippen molar-refractivity contribution in [2.24, 2.45) is 5.73 Å². The number of amides is 4. The molecule has 1 aliphatic rings. The third kappa shape index (κ3) is 9.56. The molecular formula is C33H39N5O6. The van der Waals surface area contributed by atoms with E-state index in [4.69, 9.17) is 10.5 Å². The lowest BCUT2D eigenvalue weighted by Gasteiger charge is -2.29. The number of carbonyl (C=O) groups is 4.